The molecule has 280 valence electrons. The van der Waals surface area contributed by atoms with Gasteiger partial charge in [-0.25, -0.2) is 0 Å². The monoisotopic (exact) mass is 693 g/mol. The molecule has 1 heterocycles. The number of hydrogen-bond acceptors (Lipinski definition) is 6. The Morgan fingerprint density at radius 2 is 1.58 bits per heavy atom. The molecule has 7 heteroatoms. The number of ether oxygens (including phenoxy) is 1. The van der Waals surface area contributed by atoms with E-state index < -0.39 is 22.8 Å². The van der Waals surface area contributed by atoms with Gasteiger partial charge in [-0.15, -0.1) is 0 Å². The van der Waals surface area contributed by atoms with Gasteiger partial charge in [0.2, 0.25) is 0 Å². The van der Waals surface area contributed by atoms with E-state index >= 15 is 0 Å². The van der Waals surface area contributed by atoms with E-state index in [2.05, 4.69) is 53.4 Å². The van der Waals surface area contributed by atoms with E-state index in [9.17, 15) is 24.3 Å². The predicted octanol–water partition coefficient (Wildman–Crippen LogP) is 8.82. The SMILES string of the molecule is CC(C)C1=C2[C@H]3CC[C@@H]4[C@@]5(C)CC[C@H](OC(=O)CC(C)(C)C(=O)O)C(C)(C)[C@@H]5CC[C@@]4(C)[C@]3(C)CC[C@@]2(C(=O)CCCN2CCCC2)CC1=O. The van der Waals surface area contributed by atoms with E-state index in [1.54, 1.807) is 13.8 Å². The highest BCUT2D eigenvalue weighted by Gasteiger charge is 2.71. The quantitative estimate of drug-likeness (QED) is 0.228. The number of aliphatic carboxylic acids is 1. The van der Waals surface area contributed by atoms with Crippen LogP contribution in [0.15, 0.2) is 11.1 Å². The van der Waals surface area contributed by atoms with Gasteiger partial charge >= 0.3 is 11.9 Å². The van der Waals surface area contributed by atoms with Crippen molar-refractivity contribution in [1.29, 1.82) is 0 Å². The maximum absolute atomic E-state index is 14.5. The Kier molecular flexibility index (Phi) is 9.68. The number of carbonyl (C=O) groups is 4. The molecule has 0 amide bonds. The summed E-state index contributed by atoms with van der Waals surface area (Å²) in [5.74, 6) is 0.430. The number of allylic oxidation sites excluding steroid dienone is 2. The standard InChI is InChI=1S/C43H67NO6/c1-27(2)35-29(45)25-43(32(46)13-12-24-44-22-10-11-23-44)21-20-41(8)28(36(35)43)14-15-31-40(7)18-17-33(50-34(47)26-38(3,4)37(48)49)39(5,6)30(40)16-19-42(31,41)9/h27-28,30-31,33H,10-26H2,1-9H3,(H,48,49)/t28-,30+,31-,33+,40+,41-,42-,43+/m1/s1. The van der Waals surface area contributed by atoms with Crippen molar-refractivity contribution in [3.05, 3.63) is 11.1 Å². The van der Waals surface area contributed by atoms with Gasteiger partial charge in [-0.2, -0.15) is 0 Å². The second kappa shape index (κ2) is 12.8. The normalized spacial score (nSPS) is 39.8. The van der Waals surface area contributed by atoms with Crippen LogP contribution >= 0.6 is 0 Å². The molecule has 50 heavy (non-hydrogen) atoms. The summed E-state index contributed by atoms with van der Waals surface area (Å²) in [6.07, 6.45) is 11.9. The lowest BCUT2D eigenvalue weighted by atomic mass is 9.33. The fourth-order valence-corrected chi connectivity index (χ4v) is 13.5. The molecule has 0 aromatic carbocycles. The molecular formula is C43H67NO6. The number of Topliss-reactive ketones (excluding diaryl/α,β-unsaturated/α-hetero) is 2. The first-order chi connectivity index (χ1) is 23.2. The van der Waals surface area contributed by atoms with Gasteiger partial charge in [0.05, 0.1) is 17.3 Å². The molecule has 1 N–H and O–H groups in total. The summed E-state index contributed by atoms with van der Waals surface area (Å²) < 4.78 is 6.16. The minimum absolute atomic E-state index is 0.000801. The lowest BCUT2D eigenvalue weighted by Gasteiger charge is -2.72. The summed E-state index contributed by atoms with van der Waals surface area (Å²) in [5, 5.41) is 9.60. The van der Waals surface area contributed by atoms with Crippen molar-refractivity contribution in [2.45, 2.75) is 158 Å². The summed E-state index contributed by atoms with van der Waals surface area (Å²) in [4.78, 5) is 55.7. The maximum atomic E-state index is 14.5. The lowest BCUT2D eigenvalue weighted by molar-refractivity contribution is -0.233. The number of fused-ring (bicyclic) bond motifs is 7. The summed E-state index contributed by atoms with van der Waals surface area (Å²) >= 11 is 0. The number of hydrogen-bond donors (Lipinski definition) is 1. The van der Waals surface area contributed by atoms with Gasteiger partial charge in [0.1, 0.15) is 11.9 Å². The lowest BCUT2D eigenvalue weighted by Crippen LogP contribution is -2.66. The van der Waals surface area contributed by atoms with Crippen molar-refractivity contribution in [2.24, 2.45) is 56.2 Å². The number of ketones is 2. The number of nitrogens with zero attached hydrogens (tertiary/aromatic N) is 1. The topological polar surface area (TPSA) is 101 Å². The number of rotatable bonds is 10. The third kappa shape index (κ3) is 5.68. The average molecular weight is 694 g/mol. The van der Waals surface area contributed by atoms with Gasteiger partial charge in [0, 0.05) is 18.3 Å². The summed E-state index contributed by atoms with van der Waals surface area (Å²) in [7, 11) is 0. The Bertz CT molecular complexity index is 1440. The molecule has 0 aromatic heterocycles. The smallest absolute Gasteiger partial charge is 0.309 e. The van der Waals surface area contributed by atoms with E-state index in [1.807, 2.05) is 0 Å². The van der Waals surface area contributed by atoms with Gasteiger partial charge in [0.15, 0.2) is 5.78 Å². The van der Waals surface area contributed by atoms with Crippen molar-refractivity contribution < 1.29 is 29.0 Å². The molecule has 5 aliphatic carbocycles. The molecule has 0 unspecified atom stereocenters. The number of esters is 1. The van der Waals surface area contributed by atoms with Crippen molar-refractivity contribution in [1.82, 2.24) is 4.90 Å². The van der Waals surface area contributed by atoms with Crippen molar-refractivity contribution in [2.75, 3.05) is 19.6 Å². The minimum atomic E-state index is -1.16. The zero-order valence-electron chi connectivity index (χ0n) is 32.8. The average Bonchev–Trinajstić information content (AvgIpc) is 3.64. The molecule has 0 spiro atoms. The van der Waals surface area contributed by atoms with E-state index in [0.29, 0.717) is 30.5 Å². The number of likely N-dealkylation sites (tertiary alicyclic amines) is 1. The molecule has 1 aliphatic heterocycles. The van der Waals surface area contributed by atoms with E-state index in [1.165, 1.54) is 18.4 Å². The van der Waals surface area contributed by atoms with Crippen molar-refractivity contribution in [3.63, 3.8) is 0 Å². The van der Waals surface area contributed by atoms with Gasteiger partial charge in [-0.05, 0) is 155 Å². The van der Waals surface area contributed by atoms with Crippen molar-refractivity contribution >= 4 is 23.5 Å². The van der Waals surface area contributed by atoms with Crippen LogP contribution in [0.5, 0.6) is 0 Å². The van der Waals surface area contributed by atoms with Gasteiger partial charge < -0.3 is 14.7 Å². The Balaban J connectivity index is 1.26. The van der Waals surface area contributed by atoms with Crippen LogP contribution in [0.3, 0.4) is 0 Å². The highest BCUT2D eigenvalue weighted by Crippen LogP contribution is 2.77. The van der Waals surface area contributed by atoms with E-state index in [-0.39, 0.29) is 51.8 Å². The van der Waals surface area contributed by atoms with Crippen molar-refractivity contribution in [3.8, 4) is 0 Å². The molecule has 7 nitrogen and oxygen atoms in total. The first kappa shape index (κ1) is 37.7. The van der Waals surface area contributed by atoms with Crippen LogP contribution in [0.1, 0.15) is 152 Å². The van der Waals surface area contributed by atoms with Crippen LogP contribution in [-0.2, 0) is 23.9 Å². The Hall–Kier alpha value is -2.02. The highest BCUT2D eigenvalue weighted by atomic mass is 16.5. The largest absolute Gasteiger partial charge is 0.481 e. The fraction of sp³-hybridized carbons (Fsp3) is 0.860. The van der Waals surface area contributed by atoms with Crippen LogP contribution < -0.4 is 0 Å². The summed E-state index contributed by atoms with van der Waals surface area (Å²) in [6, 6.07) is 0. The molecule has 6 rings (SSSR count). The molecule has 5 fully saturated rings. The zero-order valence-corrected chi connectivity index (χ0v) is 32.8. The van der Waals surface area contributed by atoms with Gasteiger partial charge in [-0.1, -0.05) is 48.5 Å². The molecular weight excluding hydrogens is 626 g/mol. The number of carbonyl (C=O) groups excluding carboxylic acids is 3. The predicted molar refractivity (Wildman–Crippen MR) is 195 cm³/mol. The molecule has 0 aromatic rings. The zero-order chi connectivity index (χ0) is 36.7. The van der Waals surface area contributed by atoms with Gasteiger partial charge in [0.25, 0.3) is 0 Å². The van der Waals surface area contributed by atoms with Crippen LogP contribution in [0.4, 0.5) is 0 Å². The molecule has 0 bridgehead atoms. The minimum Gasteiger partial charge on any atom is -0.481 e. The Labute approximate surface area is 302 Å². The summed E-state index contributed by atoms with van der Waals surface area (Å²) in [6.45, 7) is 23.0. The van der Waals surface area contributed by atoms with E-state index in [4.69, 9.17) is 4.74 Å². The molecule has 8 atom stereocenters. The fourth-order valence-electron chi connectivity index (χ4n) is 13.5. The maximum Gasteiger partial charge on any atom is 0.309 e. The second-order valence-corrected chi connectivity index (χ2v) is 20.1. The third-order valence-electron chi connectivity index (χ3n) is 16.4. The third-order valence-corrected chi connectivity index (χ3v) is 16.4. The number of carboxylic acid groups (broad SMARTS) is 1. The molecule has 4 saturated carbocycles. The summed E-state index contributed by atoms with van der Waals surface area (Å²) in [5.41, 5.74) is 0.412. The number of carboxylic acids is 1. The van der Waals surface area contributed by atoms with Crippen LogP contribution in [0.2, 0.25) is 0 Å². The van der Waals surface area contributed by atoms with Crippen LogP contribution in [0.25, 0.3) is 0 Å². The Morgan fingerprint density at radius 1 is 0.900 bits per heavy atom. The van der Waals surface area contributed by atoms with E-state index in [0.717, 1.165) is 83.0 Å². The second-order valence-electron chi connectivity index (χ2n) is 20.1. The Morgan fingerprint density at radius 3 is 2.22 bits per heavy atom. The highest BCUT2D eigenvalue weighted by molar-refractivity contribution is 6.07. The first-order valence-electron chi connectivity index (χ1n) is 20.2. The van der Waals surface area contributed by atoms with Crippen LogP contribution in [0, 0.1) is 56.2 Å². The molecule has 1 saturated heterocycles. The van der Waals surface area contributed by atoms with Crippen LogP contribution in [-0.4, -0.2) is 59.2 Å². The van der Waals surface area contributed by atoms with Gasteiger partial charge in [-0.3, -0.25) is 19.2 Å². The molecule has 0 radical (unpaired) electrons. The first-order valence-corrected chi connectivity index (χ1v) is 20.2. The molecule has 6 aliphatic rings.